The Morgan fingerprint density at radius 2 is 2.14 bits per heavy atom. The summed E-state index contributed by atoms with van der Waals surface area (Å²) in [5, 5.41) is 10.1. The van der Waals surface area contributed by atoms with E-state index in [9.17, 15) is 13.2 Å². The highest BCUT2D eigenvalue weighted by Gasteiger charge is 2.35. The summed E-state index contributed by atoms with van der Waals surface area (Å²) in [6.07, 6.45) is 2.37. The van der Waals surface area contributed by atoms with Crippen LogP contribution in [0.1, 0.15) is 42.3 Å². The van der Waals surface area contributed by atoms with Crippen LogP contribution < -0.4 is 5.32 Å². The van der Waals surface area contributed by atoms with Crippen molar-refractivity contribution in [2.75, 3.05) is 18.1 Å². The molecular formula is C14H22N4O3S. The number of likely N-dealkylation sites (tertiary alicyclic amines) is 1. The number of aryl methyl sites for hydroxylation is 2. The van der Waals surface area contributed by atoms with Gasteiger partial charge in [-0.3, -0.25) is 5.10 Å². The third-order valence-electron chi connectivity index (χ3n) is 4.59. The average Bonchev–Trinajstić information content (AvgIpc) is 3.10. The first-order valence-electron chi connectivity index (χ1n) is 7.66. The minimum atomic E-state index is -2.98. The molecule has 3 rings (SSSR count). The number of sulfone groups is 1. The maximum absolute atomic E-state index is 12.5. The lowest BCUT2D eigenvalue weighted by Gasteiger charge is -2.27. The number of rotatable bonds is 2. The van der Waals surface area contributed by atoms with Crippen molar-refractivity contribution in [2.24, 2.45) is 0 Å². The van der Waals surface area contributed by atoms with Crippen LogP contribution in [0.25, 0.3) is 0 Å². The summed E-state index contributed by atoms with van der Waals surface area (Å²) in [5.41, 5.74) is 3.00. The van der Waals surface area contributed by atoms with E-state index in [0.717, 1.165) is 29.8 Å². The van der Waals surface area contributed by atoms with E-state index in [1.807, 2.05) is 18.7 Å². The van der Waals surface area contributed by atoms with E-state index < -0.39 is 9.84 Å². The Labute approximate surface area is 130 Å². The smallest absolute Gasteiger partial charge is 0.318 e. The molecule has 2 unspecified atom stereocenters. The van der Waals surface area contributed by atoms with Gasteiger partial charge in [0.15, 0.2) is 9.84 Å². The van der Waals surface area contributed by atoms with E-state index >= 15 is 0 Å². The molecular weight excluding hydrogens is 304 g/mol. The van der Waals surface area contributed by atoms with E-state index in [4.69, 9.17) is 0 Å². The maximum atomic E-state index is 12.5. The number of aromatic nitrogens is 2. The van der Waals surface area contributed by atoms with E-state index in [1.54, 1.807) is 0 Å². The van der Waals surface area contributed by atoms with Crippen molar-refractivity contribution in [1.29, 1.82) is 0 Å². The highest BCUT2D eigenvalue weighted by atomic mass is 32.2. The SMILES string of the molecule is Cc1n[nH]c(C)c1C1CCCN1C(=O)NC1CCS(=O)(=O)C1. The van der Waals surface area contributed by atoms with E-state index in [1.165, 1.54) is 0 Å². The first kappa shape index (κ1) is 15.3. The van der Waals surface area contributed by atoms with Crippen molar-refractivity contribution in [1.82, 2.24) is 20.4 Å². The number of carbonyl (C=O) groups excluding carboxylic acids is 1. The molecule has 122 valence electrons. The van der Waals surface area contributed by atoms with E-state index in [2.05, 4.69) is 15.5 Å². The van der Waals surface area contributed by atoms with Gasteiger partial charge in [0.1, 0.15) is 0 Å². The third kappa shape index (κ3) is 2.84. The highest BCUT2D eigenvalue weighted by molar-refractivity contribution is 7.91. The zero-order valence-corrected chi connectivity index (χ0v) is 13.7. The topological polar surface area (TPSA) is 95.2 Å². The summed E-state index contributed by atoms with van der Waals surface area (Å²) >= 11 is 0. The quantitative estimate of drug-likeness (QED) is 0.849. The Hall–Kier alpha value is -1.57. The van der Waals surface area contributed by atoms with Crippen LogP contribution in [0.2, 0.25) is 0 Å². The maximum Gasteiger partial charge on any atom is 0.318 e. The molecule has 2 aliphatic rings. The minimum Gasteiger partial charge on any atom is -0.334 e. The van der Waals surface area contributed by atoms with Crippen molar-refractivity contribution in [3.63, 3.8) is 0 Å². The van der Waals surface area contributed by atoms with Crippen LogP contribution in [-0.2, 0) is 9.84 Å². The second-order valence-electron chi connectivity index (χ2n) is 6.25. The Bertz CT molecular complexity index is 663. The molecule has 0 aliphatic carbocycles. The zero-order chi connectivity index (χ0) is 15.9. The summed E-state index contributed by atoms with van der Waals surface area (Å²) in [4.78, 5) is 14.3. The molecule has 2 N–H and O–H groups in total. The summed E-state index contributed by atoms with van der Waals surface area (Å²) < 4.78 is 23.0. The molecule has 0 saturated carbocycles. The average molecular weight is 326 g/mol. The van der Waals surface area contributed by atoms with Crippen molar-refractivity contribution in [3.05, 3.63) is 17.0 Å². The molecule has 0 spiro atoms. The van der Waals surface area contributed by atoms with Crippen LogP contribution in [0.15, 0.2) is 0 Å². The molecule has 7 nitrogen and oxygen atoms in total. The fourth-order valence-corrected chi connectivity index (χ4v) is 5.20. The van der Waals surface area contributed by atoms with Crippen molar-refractivity contribution in [3.8, 4) is 0 Å². The fraction of sp³-hybridized carbons (Fsp3) is 0.714. The normalized spacial score (nSPS) is 27.3. The number of urea groups is 1. The standard InChI is InChI=1S/C14H22N4O3S/c1-9-13(10(2)17-16-9)12-4-3-6-18(12)14(19)15-11-5-7-22(20,21)8-11/h11-12H,3-8H2,1-2H3,(H,15,19)(H,16,17). The number of nitrogens with one attached hydrogen (secondary N) is 2. The van der Waals surface area contributed by atoms with E-state index in [0.29, 0.717) is 13.0 Å². The summed E-state index contributed by atoms with van der Waals surface area (Å²) in [7, 11) is -2.98. The van der Waals surface area contributed by atoms with Gasteiger partial charge in [-0.05, 0) is 33.1 Å². The second kappa shape index (κ2) is 5.57. The van der Waals surface area contributed by atoms with Gasteiger partial charge < -0.3 is 10.2 Å². The number of nitrogens with zero attached hydrogens (tertiary/aromatic N) is 2. The molecule has 2 fully saturated rings. The van der Waals surface area contributed by atoms with Gasteiger partial charge in [-0.2, -0.15) is 5.10 Å². The van der Waals surface area contributed by atoms with Gasteiger partial charge >= 0.3 is 6.03 Å². The zero-order valence-electron chi connectivity index (χ0n) is 12.9. The predicted octanol–water partition coefficient (Wildman–Crippen LogP) is 1.06. The third-order valence-corrected chi connectivity index (χ3v) is 6.36. The molecule has 0 aromatic carbocycles. The lowest BCUT2D eigenvalue weighted by Crippen LogP contribution is -2.45. The Morgan fingerprint density at radius 3 is 2.73 bits per heavy atom. The molecule has 0 radical (unpaired) electrons. The molecule has 1 aromatic rings. The lowest BCUT2D eigenvalue weighted by atomic mass is 10.0. The van der Waals surface area contributed by atoms with Gasteiger partial charge in [-0.25, -0.2) is 13.2 Å². The van der Waals surface area contributed by atoms with Gasteiger partial charge in [0.2, 0.25) is 0 Å². The number of amides is 2. The molecule has 22 heavy (non-hydrogen) atoms. The molecule has 2 amide bonds. The van der Waals surface area contributed by atoms with E-state index in [-0.39, 0.29) is 29.6 Å². The molecule has 2 atom stereocenters. The largest absolute Gasteiger partial charge is 0.334 e. The predicted molar refractivity (Wildman–Crippen MR) is 82.3 cm³/mol. The van der Waals surface area contributed by atoms with Crippen LogP contribution >= 0.6 is 0 Å². The number of carbonyl (C=O) groups is 1. The number of hydrogen-bond donors (Lipinski definition) is 2. The van der Waals surface area contributed by atoms with Crippen molar-refractivity contribution < 1.29 is 13.2 Å². The van der Waals surface area contributed by atoms with Crippen LogP contribution in [0.5, 0.6) is 0 Å². The molecule has 1 aromatic heterocycles. The fourth-order valence-electron chi connectivity index (χ4n) is 3.53. The van der Waals surface area contributed by atoms with Crippen LogP contribution in [-0.4, -0.2) is 53.6 Å². The minimum absolute atomic E-state index is 0.0248. The van der Waals surface area contributed by atoms with Crippen molar-refractivity contribution in [2.45, 2.75) is 45.2 Å². The molecule has 3 heterocycles. The molecule has 2 aliphatic heterocycles. The Morgan fingerprint density at radius 1 is 1.36 bits per heavy atom. The number of aromatic amines is 1. The van der Waals surface area contributed by atoms with Crippen LogP contribution in [0.4, 0.5) is 4.79 Å². The summed E-state index contributed by atoms with van der Waals surface area (Å²) in [6.45, 7) is 4.60. The first-order chi connectivity index (χ1) is 10.4. The molecule has 8 heteroatoms. The van der Waals surface area contributed by atoms with Gasteiger partial charge in [0.25, 0.3) is 0 Å². The number of hydrogen-bond acceptors (Lipinski definition) is 4. The summed E-state index contributed by atoms with van der Waals surface area (Å²) in [5.74, 6) is 0.225. The first-order valence-corrected chi connectivity index (χ1v) is 9.48. The molecule has 2 saturated heterocycles. The summed E-state index contributed by atoms with van der Waals surface area (Å²) in [6, 6.07) is -0.397. The Kier molecular flexibility index (Phi) is 3.88. The molecule has 0 bridgehead atoms. The van der Waals surface area contributed by atoms with Crippen LogP contribution in [0.3, 0.4) is 0 Å². The van der Waals surface area contributed by atoms with Gasteiger partial charge in [-0.1, -0.05) is 0 Å². The van der Waals surface area contributed by atoms with Gasteiger partial charge in [-0.15, -0.1) is 0 Å². The lowest BCUT2D eigenvalue weighted by molar-refractivity contribution is 0.189. The highest BCUT2D eigenvalue weighted by Crippen LogP contribution is 2.34. The Balaban J connectivity index is 1.72. The van der Waals surface area contributed by atoms with Crippen molar-refractivity contribution >= 4 is 15.9 Å². The number of H-pyrrole nitrogens is 1. The van der Waals surface area contributed by atoms with Crippen LogP contribution in [0, 0.1) is 13.8 Å². The monoisotopic (exact) mass is 326 g/mol. The van der Waals surface area contributed by atoms with Gasteiger partial charge in [0.05, 0.1) is 23.2 Å². The second-order valence-corrected chi connectivity index (χ2v) is 8.48. The van der Waals surface area contributed by atoms with Gasteiger partial charge in [0, 0.05) is 23.8 Å².